The summed E-state index contributed by atoms with van der Waals surface area (Å²) in [7, 11) is 1.69. The van der Waals surface area contributed by atoms with Crippen LogP contribution >= 0.6 is 0 Å². The van der Waals surface area contributed by atoms with E-state index >= 15 is 0 Å². The average Bonchev–Trinajstić information content (AvgIpc) is 3.34. The van der Waals surface area contributed by atoms with Crippen molar-refractivity contribution in [1.29, 1.82) is 0 Å². The molecule has 0 aliphatic carbocycles. The molecule has 0 bridgehead atoms. The summed E-state index contributed by atoms with van der Waals surface area (Å²) < 4.78 is 12.2. The van der Waals surface area contributed by atoms with Crippen molar-refractivity contribution >= 4 is 16.9 Å². The number of benzene rings is 1. The molecule has 3 aromatic heterocycles. The van der Waals surface area contributed by atoms with Crippen LogP contribution in [0.25, 0.3) is 16.9 Å². The third-order valence-corrected chi connectivity index (χ3v) is 6.57. The Bertz CT molecular complexity index is 1390. The number of aromatic nitrogens is 5. The first-order valence-corrected chi connectivity index (χ1v) is 11.6. The number of hydrogen-bond acceptors (Lipinski definition) is 5. The number of ether oxygens (including phenoxy) is 1. The van der Waals surface area contributed by atoms with Crippen LogP contribution in [0.15, 0.2) is 46.1 Å². The van der Waals surface area contributed by atoms with Crippen LogP contribution < -0.4 is 11.2 Å². The number of rotatable bonds is 7. The lowest BCUT2D eigenvalue weighted by molar-refractivity contribution is 0.0369. The fraction of sp³-hybridized carbons (Fsp3) is 0.458. The molecule has 174 valence electrons. The van der Waals surface area contributed by atoms with E-state index in [0.29, 0.717) is 29.9 Å². The van der Waals surface area contributed by atoms with Gasteiger partial charge in [-0.1, -0.05) is 30.3 Å². The second kappa shape index (κ2) is 8.99. The van der Waals surface area contributed by atoms with Gasteiger partial charge in [0.25, 0.3) is 5.56 Å². The Hall–Kier alpha value is -3.17. The van der Waals surface area contributed by atoms with E-state index in [9.17, 15) is 9.59 Å². The molecule has 0 radical (unpaired) electrons. The Labute approximate surface area is 191 Å². The molecule has 0 atom stereocenters. The van der Waals surface area contributed by atoms with Crippen molar-refractivity contribution in [2.24, 2.45) is 7.05 Å². The van der Waals surface area contributed by atoms with Crippen LogP contribution in [0.2, 0.25) is 0 Å². The largest absolute Gasteiger partial charge is 0.379 e. The van der Waals surface area contributed by atoms with Crippen LogP contribution in [0.1, 0.15) is 17.7 Å². The van der Waals surface area contributed by atoms with Gasteiger partial charge in [0.15, 0.2) is 11.2 Å². The second-order valence-corrected chi connectivity index (χ2v) is 8.72. The predicted molar refractivity (Wildman–Crippen MR) is 127 cm³/mol. The maximum absolute atomic E-state index is 13.4. The van der Waals surface area contributed by atoms with Gasteiger partial charge >= 0.3 is 5.69 Å². The first-order chi connectivity index (χ1) is 16.0. The summed E-state index contributed by atoms with van der Waals surface area (Å²) in [5.41, 5.74) is 2.40. The monoisotopic (exact) mass is 450 g/mol. The topological polar surface area (TPSA) is 78.7 Å². The number of nitrogens with zero attached hydrogens (tertiary/aromatic N) is 6. The average molecular weight is 451 g/mol. The summed E-state index contributed by atoms with van der Waals surface area (Å²) in [6.45, 7) is 7.70. The van der Waals surface area contributed by atoms with Gasteiger partial charge in [0.1, 0.15) is 0 Å². The normalized spacial score (nSPS) is 15.1. The van der Waals surface area contributed by atoms with Gasteiger partial charge in [0, 0.05) is 51.7 Å². The molecule has 1 saturated heterocycles. The molecule has 1 fully saturated rings. The highest BCUT2D eigenvalue weighted by Crippen LogP contribution is 2.17. The molecule has 9 heteroatoms. The summed E-state index contributed by atoms with van der Waals surface area (Å²) in [6.07, 6.45) is 3.55. The van der Waals surface area contributed by atoms with E-state index in [1.807, 2.05) is 47.9 Å². The van der Waals surface area contributed by atoms with E-state index in [1.165, 1.54) is 9.13 Å². The molecule has 5 rings (SSSR count). The minimum absolute atomic E-state index is 0.290. The van der Waals surface area contributed by atoms with Crippen molar-refractivity contribution in [2.45, 2.75) is 32.9 Å². The quantitative estimate of drug-likeness (QED) is 0.426. The summed E-state index contributed by atoms with van der Waals surface area (Å²) in [6, 6.07) is 9.89. The number of imidazole rings is 2. The van der Waals surface area contributed by atoms with Crippen LogP contribution in [0.4, 0.5) is 0 Å². The van der Waals surface area contributed by atoms with Crippen LogP contribution in [0.3, 0.4) is 0 Å². The molecule has 1 aromatic carbocycles. The standard InChI is InChI=1S/C24H30N6O3/c1-18-17-30-20-21(25-23(30)28(18)11-6-10-27-13-15-33-16-14-27)26(2)24(32)29(22(20)31)12-9-19-7-4-3-5-8-19/h3-5,7-8,17H,6,9-16H2,1-2H3. The first-order valence-electron chi connectivity index (χ1n) is 11.6. The Morgan fingerprint density at radius 3 is 2.52 bits per heavy atom. The van der Waals surface area contributed by atoms with Crippen LogP contribution in [0.5, 0.6) is 0 Å². The molecule has 4 heterocycles. The van der Waals surface area contributed by atoms with Crippen LogP contribution in [0, 0.1) is 6.92 Å². The second-order valence-electron chi connectivity index (χ2n) is 8.72. The van der Waals surface area contributed by atoms with Crippen LogP contribution in [-0.2, 0) is 31.3 Å². The number of aryl methyl sites for hydroxylation is 4. The molecule has 0 saturated carbocycles. The fourth-order valence-corrected chi connectivity index (χ4v) is 4.69. The number of hydrogen-bond donors (Lipinski definition) is 0. The Morgan fingerprint density at radius 2 is 1.76 bits per heavy atom. The van der Waals surface area contributed by atoms with Gasteiger partial charge in [0.05, 0.1) is 13.2 Å². The van der Waals surface area contributed by atoms with E-state index in [0.717, 1.165) is 57.1 Å². The number of fused-ring (bicyclic) bond motifs is 3. The van der Waals surface area contributed by atoms with Gasteiger partial charge in [-0.25, -0.2) is 4.79 Å². The van der Waals surface area contributed by atoms with E-state index in [1.54, 1.807) is 7.05 Å². The number of morpholine rings is 1. The SMILES string of the molecule is Cc1cn2c3c(=O)n(CCc4ccccc4)c(=O)n(C)c3nc2n1CCCN1CCOCC1. The lowest BCUT2D eigenvalue weighted by Crippen LogP contribution is -2.39. The molecule has 0 amide bonds. The zero-order valence-corrected chi connectivity index (χ0v) is 19.2. The minimum atomic E-state index is -0.334. The van der Waals surface area contributed by atoms with Gasteiger partial charge in [-0.05, 0) is 25.3 Å². The van der Waals surface area contributed by atoms with Crippen LogP contribution in [-0.4, -0.2) is 60.8 Å². The summed E-state index contributed by atoms with van der Waals surface area (Å²) >= 11 is 0. The van der Waals surface area contributed by atoms with Gasteiger partial charge in [0.2, 0.25) is 5.78 Å². The van der Waals surface area contributed by atoms with Crippen molar-refractivity contribution in [3.63, 3.8) is 0 Å². The maximum Gasteiger partial charge on any atom is 0.332 e. The summed E-state index contributed by atoms with van der Waals surface area (Å²) in [4.78, 5) is 33.5. The van der Waals surface area contributed by atoms with E-state index in [4.69, 9.17) is 9.72 Å². The third-order valence-electron chi connectivity index (χ3n) is 6.57. The van der Waals surface area contributed by atoms with Gasteiger partial charge < -0.3 is 9.30 Å². The third kappa shape index (κ3) is 4.02. The van der Waals surface area contributed by atoms with E-state index in [2.05, 4.69) is 9.47 Å². The highest BCUT2D eigenvalue weighted by atomic mass is 16.5. The maximum atomic E-state index is 13.4. The Balaban J connectivity index is 1.47. The first kappa shape index (κ1) is 21.7. The molecule has 0 unspecified atom stereocenters. The molecular weight excluding hydrogens is 420 g/mol. The van der Waals surface area contributed by atoms with Gasteiger partial charge in [-0.3, -0.25) is 23.2 Å². The summed E-state index contributed by atoms with van der Waals surface area (Å²) in [5.74, 6) is 0.706. The minimum Gasteiger partial charge on any atom is -0.379 e. The molecule has 1 aliphatic heterocycles. The molecule has 0 spiro atoms. The zero-order valence-electron chi connectivity index (χ0n) is 19.2. The van der Waals surface area contributed by atoms with Gasteiger partial charge in [-0.2, -0.15) is 4.98 Å². The Kier molecular flexibility index (Phi) is 5.90. The lowest BCUT2D eigenvalue weighted by atomic mass is 10.1. The molecule has 0 N–H and O–H groups in total. The van der Waals surface area contributed by atoms with E-state index < -0.39 is 0 Å². The highest BCUT2D eigenvalue weighted by molar-refractivity contribution is 5.75. The molecule has 1 aliphatic rings. The smallest absolute Gasteiger partial charge is 0.332 e. The summed E-state index contributed by atoms with van der Waals surface area (Å²) in [5, 5.41) is 0. The Morgan fingerprint density at radius 1 is 1.00 bits per heavy atom. The highest BCUT2D eigenvalue weighted by Gasteiger charge is 2.20. The van der Waals surface area contributed by atoms with Crippen molar-refractivity contribution in [2.75, 3.05) is 32.8 Å². The molecule has 4 aromatic rings. The van der Waals surface area contributed by atoms with Crippen molar-refractivity contribution in [3.8, 4) is 0 Å². The van der Waals surface area contributed by atoms with Crippen molar-refractivity contribution < 1.29 is 4.74 Å². The van der Waals surface area contributed by atoms with Crippen molar-refractivity contribution in [3.05, 3.63) is 68.6 Å². The molecule has 33 heavy (non-hydrogen) atoms. The predicted octanol–water partition coefficient (Wildman–Crippen LogP) is 1.42. The molecule has 9 nitrogen and oxygen atoms in total. The zero-order chi connectivity index (χ0) is 22.9. The lowest BCUT2D eigenvalue weighted by Gasteiger charge is -2.26. The fourth-order valence-electron chi connectivity index (χ4n) is 4.69. The van der Waals surface area contributed by atoms with E-state index in [-0.39, 0.29) is 11.2 Å². The van der Waals surface area contributed by atoms with Crippen molar-refractivity contribution in [1.82, 2.24) is 28.0 Å². The molecular formula is C24H30N6O3. The van der Waals surface area contributed by atoms with Gasteiger partial charge in [-0.15, -0.1) is 0 Å².